The van der Waals surface area contributed by atoms with Crippen molar-refractivity contribution in [1.82, 2.24) is 5.32 Å². The Labute approximate surface area is 156 Å². The van der Waals surface area contributed by atoms with Crippen LogP contribution in [0.2, 0.25) is 0 Å². The molecule has 140 valence electrons. The minimum Gasteiger partial charge on any atom is -0.493 e. The van der Waals surface area contributed by atoms with Gasteiger partial charge in [-0.25, -0.2) is 0 Å². The van der Waals surface area contributed by atoms with Crippen LogP contribution in [0.3, 0.4) is 0 Å². The number of unbranched alkanes of at least 4 members (excludes halogenated alkanes) is 1. The first-order chi connectivity index (χ1) is 12.6. The van der Waals surface area contributed by atoms with Gasteiger partial charge in [0.1, 0.15) is 0 Å². The lowest BCUT2D eigenvalue weighted by Gasteiger charge is -2.15. The van der Waals surface area contributed by atoms with E-state index in [1.165, 1.54) is 5.56 Å². The summed E-state index contributed by atoms with van der Waals surface area (Å²) in [5.74, 6) is 1.17. The SMILES string of the molecule is CCCCOc1ccc(C(=O)N[C@@H](C)CCc2ccccc2)cc1OC. The van der Waals surface area contributed by atoms with Gasteiger partial charge in [-0.3, -0.25) is 4.79 Å². The molecule has 1 atom stereocenters. The highest BCUT2D eigenvalue weighted by atomic mass is 16.5. The first kappa shape index (κ1) is 19.8. The maximum absolute atomic E-state index is 12.5. The molecule has 0 aliphatic carbocycles. The molecule has 4 heteroatoms. The molecule has 0 saturated carbocycles. The second-order valence-electron chi connectivity index (χ2n) is 6.47. The number of rotatable bonds is 10. The molecule has 2 aromatic carbocycles. The van der Waals surface area contributed by atoms with Gasteiger partial charge in [0.05, 0.1) is 13.7 Å². The zero-order valence-corrected chi connectivity index (χ0v) is 16.0. The highest BCUT2D eigenvalue weighted by molar-refractivity contribution is 5.95. The summed E-state index contributed by atoms with van der Waals surface area (Å²) in [5, 5.41) is 3.05. The van der Waals surface area contributed by atoms with Crippen molar-refractivity contribution in [3.63, 3.8) is 0 Å². The van der Waals surface area contributed by atoms with Gasteiger partial charge in [0.2, 0.25) is 0 Å². The zero-order valence-electron chi connectivity index (χ0n) is 16.0. The van der Waals surface area contributed by atoms with E-state index in [2.05, 4.69) is 24.4 Å². The molecule has 0 bridgehead atoms. The van der Waals surface area contributed by atoms with Crippen LogP contribution in [0.1, 0.15) is 49.0 Å². The summed E-state index contributed by atoms with van der Waals surface area (Å²) >= 11 is 0. The molecule has 0 fully saturated rings. The molecule has 4 nitrogen and oxygen atoms in total. The van der Waals surface area contributed by atoms with Crippen LogP contribution in [0.25, 0.3) is 0 Å². The van der Waals surface area contributed by atoms with Gasteiger partial charge < -0.3 is 14.8 Å². The summed E-state index contributed by atoms with van der Waals surface area (Å²) in [7, 11) is 1.59. The zero-order chi connectivity index (χ0) is 18.8. The Morgan fingerprint density at radius 2 is 1.88 bits per heavy atom. The fourth-order valence-corrected chi connectivity index (χ4v) is 2.66. The summed E-state index contributed by atoms with van der Waals surface area (Å²) in [5.41, 5.74) is 1.86. The van der Waals surface area contributed by atoms with Crippen LogP contribution in [0.15, 0.2) is 48.5 Å². The second kappa shape index (κ2) is 10.5. The predicted octanol–water partition coefficient (Wildman–Crippen LogP) is 4.63. The van der Waals surface area contributed by atoms with Gasteiger partial charge in [0, 0.05) is 11.6 Å². The molecular formula is C22H29NO3. The van der Waals surface area contributed by atoms with E-state index >= 15 is 0 Å². The minimum absolute atomic E-state index is 0.0918. The number of hydrogen-bond donors (Lipinski definition) is 1. The predicted molar refractivity (Wildman–Crippen MR) is 105 cm³/mol. The third-order valence-electron chi connectivity index (χ3n) is 4.27. The molecule has 1 amide bonds. The number of carbonyl (C=O) groups excluding carboxylic acids is 1. The van der Waals surface area contributed by atoms with Gasteiger partial charge in [-0.2, -0.15) is 0 Å². The van der Waals surface area contributed by atoms with Crippen LogP contribution < -0.4 is 14.8 Å². The molecule has 2 aromatic rings. The summed E-state index contributed by atoms with van der Waals surface area (Å²) < 4.78 is 11.1. The number of aryl methyl sites for hydroxylation is 1. The van der Waals surface area contributed by atoms with Crippen molar-refractivity contribution in [3.05, 3.63) is 59.7 Å². The fourth-order valence-electron chi connectivity index (χ4n) is 2.66. The summed E-state index contributed by atoms with van der Waals surface area (Å²) in [6.45, 7) is 4.79. The number of amides is 1. The maximum Gasteiger partial charge on any atom is 0.251 e. The van der Waals surface area contributed by atoms with E-state index in [0.717, 1.165) is 25.7 Å². The number of hydrogen-bond acceptors (Lipinski definition) is 3. The molecule has 26 heavy (non-hydrogen) atoms. The van der Waals surface area contributed by atoms with E-state index in [9.17, 15) is 4.79 Å². The summed E-state index contributed by atoms with van der Waals surface area (Å²) in [6.07, 6.45) is 3.90. The Kier molecular flexibility index (Phi) is 8.00. The first-order valence-corrected chi connectivity index (χ1v) is 9.29. The number of carbonyl (C=O) groups is 1. The Morgan fingerprint density at radius 3 is 2.58 bits per heavy atom. The molecule has 0 aliphatic rings. The lowest BCUT2D eigenvalue weighted by atomic mass is 10.1. The lowest BCUT2D eigenvalue weighted by molar-refractivity contribution is 0.0938. The normalized spacial score (nSPS) is 11.7. The molecule has 0 radical (unpaired) electrons. The van der Waals surface area contributed by atoms with Crippen LogP contribution in [0.5, 0.6) is 11.5 Å². The largest absolute Gasteiger partial charge is 0.493 e. The van der Waals surface area contributed by atoms with Crippen molar-refractivity contribution in [2.45, 2.75) is 45.6 Å². The average molecular weight is 355 g/mol. The standard InChI is InChI=1S/C22H29NO3/c1-4-5-15-26-20-14-13-19(16-21(20)25-3)22(24)23-17(2)11-12-18-9-7-6-8-10-18/h6-10,13-14,16-17H,4-5,11-12,15H2,1-3H3,(H,23,24)/t17-/m0/s1. The van der Waals surface area contributed by atoms with E-state index in [1.54, 1.807) is 25.3 Å². The Morgan fingerprint density at radius 1 is 1.12 bits per heavy atom. The number of methoxy groups -OCH3 is 1. The lowest BCUT2D eigenvalue weighted by Crippen LogP contribution is -2.32. The molecular weight excluding hydrogens is 326 g/mol. The smallest absolute Gasteiger partial charge is 0.251 e. The minimum atomic E-state index is -0.0935. The Hall–Kier alpha value is -2.49. The summed E-state index contributed by atoms with van der Waals surface area (Å²) in [6, 6.07) is 15.7. The molecule has 1 N–H and O–H groups in total. The van der Waals surface area contributed by atoms with Gasteiger partial charge in [-0.15, -0.1) is 0 Å². The van der Waals surface area contributed by atoms with Crippen LogP contribution in [0.4, 0.5) is 0 Å². The van der Waals surface area contributed by atoms with Crippen molar-refractivity contribution in [1.29, 1.82) is 0 Å². The van der Waals surface area contributed by atoms with Crippen molar-refractivity contribution in [3.8, 4) is 11.5 Å². The van der Waals surface area contributed by atoms with Crippen molar-refractivity contribution < 1.29 is 14.3 Å². The van der Waals surface area contributed by atoms with Crippen LogP contribution >= 0.6 is 0 Å². The van der Waals surface area contributed by atoms with E-state index < -0.39 is 0 Å². The van der Waals surface area contributed by atoms with Crippen molar-refractivity contribution in [2.75, 3.05) is 13.7 Å². The molecule has 0 aromatic heterocycles. The molecule has 0 heterocycles. The Balaban J connectivity index is 1.91. The van der Waals surface area contributed by atoms with Crippen molar-refractivity contribution >= 4 is 5.91 Å². The topological polar surface area (TPSA) is 47.6 Å². The molecule has 0 spiro atoms. The van der Waals surface area contributed by atoms with Crippen LogP contribution in [-0.4, -0.2) is 25.7 Å². The number of benzene rings is 2. The Bertz CT molecular complexity index is 685. The van der Waals surface area contributed by atoms with Gasteiger partial charge >= 0.3 is 0 Å². The fraction of sp³-hybridized carbons (Fsp3) is 0.409. The quantitative estimate of drug-likeness (QED) is 0.632. The van der Waals surface area contributed by atoms with E-state index in [0.29, 0.717) is 23.7 Å². The monoisotopic (exact) mass is 355 g/mol. The second-order valence-corrected chi connectivity index (χ2v) is 6.47. The van der Waals surface area contributed by atoms with Gasteiger partial charge in [0.25, 0.3) is 5.91 Å². The molecule has 0 aliphatic heterocycles. The third kappa shape index (κ3) is 6.10. The van der Waals surface area contributed by atoms with Crippen LogP contribution in [-0.2, 0) is 6.42 Å². The van der Waals surface area contributed by atoms with Crippen molar-refractivity contribution in [2.24, 2.45) is 0 Å². The van der Waals surface area contributed by atoms with Gasteiger partial charge in [-0.1, -0.05) is 43.7 Å². The third-order valence-corrected chi connectivity index (χ3v) is 4.27. The van der Waals surface area contributed by atoms with Gasteiger partial charge in [0.15, 0.2) is 11.5 Å². The summed E-state index contributed by atoms with van der Waals surface area (Å²) in [4.78, 5) is 12.5. The first-order valence-electron chi connectivity index (χ1n) is 9.29. The van der Waals surface area contributed by atoms with E-state index in [4.69, 9.17) is 9.47 Å². The maximum atomic E-state index is 12.5. The highest BCUT2D eigenvalue weighted by Gasteiger charge is 2.13. The number of nitrogens with one attached hydrogen (secondary N) is 1. The van der Waals surface area contributed by atoms with Crippen LogP contribution in [0, 0.1) is 0 Å². The van der Waals surface area contributed by atoms with Gasteiger partial charge in [-0.05, 0) is 49.9 Å². The molecule has 0 saturated heterocycles. The molecule has 2 rings (SSSR count). The molecule has 0 unspecified atom stereocenters. The highest BCUT2D eigenvalue weighted by Crippen LogP contribution is 2.28. The van der Waals surface area contributed by atoms with E-state index in [1.807, 2.05) is 25.1 Å². The average Bonchev–Trinajstić information content (AvgIpc) is 2.67. The number of ether oxygens (including phenoxy) is 2. The van der Waals surface area contributed by atoms with E-state index in [-0.39, 0.29) is 11.9 Å².